The fourth-order valence-electron chi connectivity index (χ4n) is 4.24. The standard InChI is InChI=1S/C22H30ClN5O2/c1-24-22(28-11-9-19(10-12-28)29-15-16-5-2-3-6-16)25-14-20-26-21(27-30-20)17-7-4-8-18(23)13-17/h4,7-8,13,16,19H,2-3,5-6,9-12,14-15H2,1H3,(H,24,25). The van der Waals surface area contributed by atoms with Crippen LogP contribution in [0.1, 0.15) is 44.4 Å². The number of halogens is 1. The predicted molar refractivity (Wildman–Crippen MR) is 117 cm³/mol. The molecule has 0 spiro atoms. The van der Waals surface area contributed by atoms with Crippen molar-refractivity contribution in [3.63, 3.8) is 0 Å². The maximum Gasteiger partial charge on any atom is 0.246 e. The number of rotatable bonds is 6. The molecule has 0 radical (unpaired) electrons. The molecule has 0 atom stereocenters. The van der Waals surface area contributed by atoms with Crippen LogP contribution >= 0.6 is 11.6 Å². The Kier molecular flexibility index (Phi) is 7.23. The average Bonchev–Trinajstić information content (AvgIpc) is 3.46. The van der Waals surface area contributed by atoms with Crippen molar-refractivity contribution in [2.75, 3.05) is 26.7 Å². The molecule has 0 amide bonds. The van der Waals surface area contributed by atoms with Gasteiger partial charge in [0.2, 0.25) is 11.7 Å². The first kappa shape index (κ1) is 21.1. The maximum absolute atomic E-state index is 6.18. The summed E-state index contributed by atoms with van der Waals surface area (Å²) in [6, 6.07) is 7.42. The van der Waals surface area contributed by atoms with Gasteiger partial charge in [-0.3, -0.25) is 4.99 Å². The quantitative estimate of drug-likeness (QED) is 0.547. The molecule has 162 valence electrons. The molecule has 1 aliphatic carbocycles. The van der Waals surface area contributed by atoms with Crippen molar-refractivity contribution in [1.82, 2.24) is 20.4 Å². The lowest BCUT2D eigenvalue weighted by Crippen LogP contribution is -2.46. The highest BCUT2D eigenvalue weighted by Crippen LogP contribution is 2.26. The second-order valence-electron chi connectivity index (χ2n) is 8.09. The van der Waals surface area contributed by atoms with Gasteiger partial charge < -0.3 is 19.5 Å². The van der Waals surface area contributed by atoms with Gasteiger partial charge in [-0.1, -0.05) is 41.7 Å². The number of guanidine groups is 1. The maximum atomic E-state index is 6.18. The van der Waals surface area contributed by atoms with E-state index < -0.39 is 0 Å². The Balaban J connectivity index is 1.23. The highest BCUT2D eigenvalue weighted by molar-refractivity contribution is 6.30. The van der Waals surface area contributed by atoms with Crippen LogP contribution in [0, 0.1) is 5.92 Å². The minimum Gasteiger partial charge on any atom is -0.378 e. The Labute approximate surface area is 182 Å². The van der Waals surface area contributed by atoms with E-state index in [4.69, 9.17) is 20.9 Å². The summed E-state index contributed by atoms with van der Waals surface area (Å²) in [5.74, 6) is 2.68. The lowest BCUT2D eigenvalue weighted by atomic mass is 10.1. The first-order chi connectivity index (χ1) is 14.7. The molecule has 1 saturated heterocycles. The largest absolute Gasteiger partial charge is 0.378 e. The summed E-state index contributed by atoms with van der Waals surface area (Å²) in [5, 5.41) is 8.03. The molecule has 2 fully saturated rings. The molecule has 2 aromatic rings. The Morgan fingerprint density at radius 1 is 1.27 bits per heavy atom. The van der Waals surface area contributed by atoms with Gasteiger partial charge in [0, 0.05) is 37.3 Å². The van der Waals surface area contributed by atoms with Crippen LogP contribution in [0.15, 0.2) is 33.8 Å². The Hall–Kier alpha value is -2.12. The summed E-state index contributed by atoms with van der Waals surface area (Å²) < 4.78 is 11.6. The molecule has 4 rings (SSSR count). The lowest BCUT2D eigenvalue weighted by Gasteiger charge is -2.34. The molecule has 30 heavy (non-hydrogen) atoms. The van der Waals surface area contributed by atoms with Gasteiger partial charge in [0.05, 0.1) is 12.6 Å². The van der Waals surface area contributed by atoms with Crippen molar-refractivity contribution >= 4 is 17.6 Å². The number of benzene rings is 1. The molecule has 0 unspecified atom stereocenters. The smallest absolute Gasteiger partial charge is 0.246 e. The number of piperidine rings is 1. The van der Waals surface area contributed by atoms with Gasteiger partial charge in [-0.2, -0.15) is 4.98 Å². The number of hydrogen-bond donors (Lipinski definition) is 1. The van der Waals surface area contributed by atoms with E-state index in [0.717, 1.165) is 50.0 Å². The van der Waals surface area contributed by atoms with Gasteiger partial charge in [-0.15, -0.1) is 0 Å². The molecule has 1 aromatic heterocycles. The first-order valence-electron chi connectivity index (χ1n) is 10.9. The summed E-state index contributed by atoms with van der Waals surface area (Å²) in [4.78, 5) is 11.1. The second kappa shape index (κ2) is 10.3. The average molecular weight is 432 g/mol. The highest BCUT2D eigenvalue weighted by Gasteiger charge is 2.24. The van der Waals surface area contributed by atoms with E-state index in [-0.39, 0.29) is 0 Å². The van der Waals surface area contributed by atoms with Crippen molar-refractivity contribution in [1.29, 1.82) is 0 Å². The first-order valence-corrected chi connectivity index (χ1v) is 11.2. The third-order valence-electron chi connectivity index (χ3n) is 5.94. The van der Waals surface area contributed by atoms with Crippen molar-refractivity contribution < 1.29 is 9.26 Å². The number of aromatic nitrogens is 2. The van der Waals surface area contributed by atoms with Crippen molar-refractivity contribution in [2.45, 2.75) is 51.2 Å². The number of likely N-dealkylation sites (tertiary alicyclic amines) is 1. The molecule has 2 aliphatic rings. The number of aliphatic imine (C=N–C) groups is 1. The van der Waals surface area contributed by atoms with Crippen LogP contribution in [0.5, 0.6) is 0 Å². The zero-order valence-corrected chi connectivity index (χ0v) is 18.3. The van der Waals surface area contributed by atoms with Crippen molar-refractivity contribution in [3.05, 3.63) is 35.2 Å². The molecular weight excluding hydrogens is 402 g/mol. The number of ether oxygens (including phenoxy) is 1. The van der Waals surface area contributed by atoms with Crippen LogP contribution in [-0.2, 0) is 11.3 Å². The summed E-state index contributed by atoms with van der Waals surface area (Å²) in [7, 11) is 1.80. The van der Waals surface area contributed by atoms with Crippen LogP contribution < -0.4 is 5.32 Å². The zero-order valence-electron chi connectivity index (χ0n) is 17.5. The molecule has 1 aliphatic heterocycles. The predicted octanol–water partition coefficient (Wildman–Crippen LogP) is 4.14. The molecule has 2 heterocycles. The van der Waals surface area contributed by atoms with Crippen LogP contribution in [0.3, 0.4) is 0 Å². The number of hydrogen-bond acceptors (Lipinski definition) is 5. The van der Waals surface area contributed by atoms with Crippen LogP contribution in [0.4, 0.5) is 0 Å². The summed E-state index contributed by atoms with van der Waals surface area (Å²) in [5.41, 5.74) is 0.835. The van der Waals surface area contributed by atoms with E-state index in [9.17, 15) is 0 Å². The van der Waals surface area contributed by atoms with Crippen LogP contribution in [0.25, 0.3) is 11.4 Å². The van der Waals surface area contributed by atoms with Gasteiger partial charge >= 0.3 is 0 Å². The van der Waals surface area contributed by atoms with E-state index in [2.05, 4.69) is 25.3 Å². The van der Waals surface area contributed by atoms with E-state index in [1.807, 2.05) is 24.3 Å². The van der Waals surface area contributed by atoms with Gasteiger partial charge in [0.1, 0.15) is 0 Å². The third kappa shape index (κ3) is 5.52. The fourth-order valence-corrected chi connectivity index (χ4v) is 4.43. The molecule has 1 saturated carbocycles. The Morgan fingerprint density at radius 2 is 2.07 bits per heavy atom. The minimum atomic E-state index is 0.371. The van der Waals surface area contributed by atoms with Crippen LogP contribution in [0.2, 0.25) is 5.02 Å². The topological polar surface area (TPSA) is 75.8 Å². The molecule has 1 N–H and O–H groups in total. The normalized spacial score (nSPS) is 18.9. The Bertz CT molecular complexity index is 842. The SMILES string of the molecule is CN=C(NCc1nc(-c2cccc(Cl)c2)no1)N1CCC(OCC2CCCC2)CC1. The van der Waals surface area contributed by atoms with Gasteiger partial charge in [0.15, 0.2) is 5.96 Å². The van der Waals surface area contributed by atoms with Crippen LogP contribution in [-0.4, -0.2) is 53.8 Å². The van der Waals surface area contributed by atoms with Gasteiger partial charge in [0.25, 0.3) is 0 Å². The lowest BCUT2D eigenvalue weighted by molar-refractivity contribution is 0.000989. The van der Waals surface area contributed by atoms with Crippen molar-refractivity contribution in [2.24, 2.45) is 10.9 Å². The molecule has 0 bridgehead atoms. The van der Waals surface area contributed by atoms with E-state index in [0.29, 0.717) is 29.4 Å². The van der Waals surface area contributed by atoms with Gasteiger partial charge in [-0.05, 0) is 43.7 Å². The Morgan fingerprint density at radius 3 is 2.80 bits per heavy atom. The summed E-state index contributed by atoms with van der Waals surface area (Å²) in [6.45, 7) is 3.24. The monoisotopic (exact) mass is 431 g/mol. The number of nitrogens with zero attached hydrogens (tertiary/aromatic N) is 4. The minimum absolute atomic E-state index is 0.371. The fraction of sp³-hybridized carbons (Fsp3) is 0.591. The number of nitrogens with one attached hydrogen (secondary N) is 1. The summed E-state index contributed by atoms with van der Waals surface area (Å²) in [6.07, 6.45) is 7.86. The van der Waals surface area contributed by atoms with E-state index in [1.165, 1.54) is 25.7 Å². The second-order valence-corrected chi connectivity index (χ2v) is 8.53. The molecular formula is C22H30ClN5O2. The molecule has 8 heteroatoms. The summed E-state index contributed by atoms with van der Waals surface area (Å²) >= 11 is 6.04. The van der Waals surface area contributed by atoms with Gasteiger partial charge in [-0.25, -0.2) is 0 Å². The molecule has 7 nitrogen and oxygen atoms in total. The van der Waals surface area contributed by atoms with E-state index >= 15 is 0 Å². The molecule has 1 aromatic carbocycles. The highest BCUT2D eigenvalue weighted by atomic mass is 35.5. The van der Waals surface area contributed by atoms with Crippen molar-refractivity contribution in [3.8, 4) is 11.4 Å². The van der Waals surface area contributed by atoms with E-state index in [1.54, 1.807) is 7.05 Å². The zero-order chi connectivity index (χ0) is 20.8. The third-order valence-corrected chi connectivity index (χ3v) is 6.18.